The van der Waals surface area contributed by atoms with Crippen LogP contribution in [0.5, 0.6) is 0 Å². The van der Waals surface area contributed by atoms with E-state index in [1.807, 2.05) is 0 Å². The molecule has 86 valence electrons. The highest BCUT2D eigenvalue weighted by Gasteiger charge is 2.19. The van der Waals surface area contributed by atoms with Crippen molar-refractivity contribution >= 4 is 29.1 Å². The van der Waals surface area contributed by atoms with Gasteiger partial charge in [-0.15, -0.1) is 0 Å². The Morgan fingerprint density at radius 1 is 1.56 bits per heavy atom. The third-order valence-electron chi connectivity index (χ3n) is 2.53. The van der Waals surface area contributed by atoms with Gasteiger partial charge >= 0.3 is 6.03 Å². The SMILES string of the molecule is NC(=S)c1cn[nH]c1NC(=O)N1CCCC1. The first-order valence-corrected chi connectivity index (χ1v) is 5.48. The molecular formula is C9H13N5OS. The molecule has 2 rings (SSSR count). The fraction of sp³-hybridized carbons (Fsp3) is 0.444. The number of aromatic nitrogens is 2. The molecule has 7 heteroatoms. The standard InChI is InChI=1S/C9H13N5OS/c10-7(16)6-5-11-13-8(6)12-9(15)14-3-1-2-4-14/h5H,1-4H2,(H2,10,16)(H2,11,12,13,15). The van der Waals surface area contributed by atoms with E-state index in [4.69, 9.17) is 18.0 Å². The molecule has 1 aliphatic rings. The van der Waals surface area contributed by atoms with E-state index in [1.54, 1.807) is 4.90 Å². The van der Waals surface area contributed by atoms with Crippen molar-refractivity contribution in [3.8, 4) is 0 Å². The summed E-state index contributed by atoms with van der Waals surface area (Å²) in [7, 11) is 0. The molecule has 6 nitrogen and oxygen atoms in total. The van der Waals surface area contributed by atoms with E-state index in [0.717, 1.165) is 25.9 Å². The fourth-order valence-electron chi connectivity index (χ4n) is 1.67. The van der Waals surface area contributed by atoms with Crippen LogP contribution < -0.4 is 11.1 Å². The van der Waals surface area contributed by atoms with Crippen LogP contribution in [-0.2, 0) is 0 Å². The van der Waals surface area contributed by atoms with Crippen molar-refractivity contribution in [1.82, 2.24) is 15.1 Å². The molecule has 0 unspecified atom stereocenters. The normalized spacial score (nSPS) is 15.1. The highest BCUT2D eigenvalue weighted by molar-refractivity contribution is 7.80. The highest BCUT2D eigenvalue weighted by Crippen LogP contribution is 2.13. The third kappa shape index (κ3) is 2.13. The Labute approximate surface area is 98.2 Å². The van der Waals surface area contributed by atoms with E-state index in [9.17, 15) is 4.79 Å². The summed E-state index contributed by atoms with van der Waals surface area (Å²) < 4.78 is 0. The first kappa shape index (κ1) is 10.9. The van der Waals surface area contributed by atoms with Crippen molar-refractivity contribution in [3.05, 3.63) is 11.8 Å². The van der Waals surface area contributed by atoms with Gasteiger partial charge < -0.3 is 10.6 Å². The maximum absolute atomic E-state index is 11.8. The van der Waals surface area contributed by atoms with Gasteiger partial charge in [-0.2, -0.15) is 5.10 Å². The van der Waals surface area contributed by atoms with Gasteiger partial charge in [0, 0.05) is 13.1 Å². The van der Waals surface area contributed by atoms with E-state index in [1.165, 1.54) is 6.20 Å². The summed E-state index contributed by atoms with van der Waals surface area (Å²) in [6.45, 7) is 1.59. The number of urea groups is 1. The largest absolute Gasteiger partial charge is 0.389 e. The van der Waals surface area contributed by atoms with Crippen LogP contribution in [0.3, 0.4) is 0 Å². The van der Waals surface area contributed by atoms with Crippen LogP contribution in [0.1, 0.15) is 18.4 Å². The van der Waals surface area contributed by atoms with E-state index in [2.05, 4.69) is 15.5 Å². The number of nitrogens with two attached hydrogens (primary N) is 1. The first-order chi connectivity index (χ1) is 7.68. The maximum atomic E-state index is 11.8. The van der Waals surface area contributed by atoms with Crippen LogP contribution in [0.25, 0.3) is 0 Å². The van der Waals surface area contributed by atoms with Crippen molar-refractivity contribution in [2.45, 2.75) is 12.8 Å². The van der Waals surface area contributed by atoms with Gasteiger partial charge in [0.15, 0.2) is 0 Å². The summed E-state index contributed by atoms with van der Waals surface area (Å²) in [5, 5.41) is 9.18. The summed E-state index contributed by atoms with van der Waals surface area (Å²) >= 11 is 4.84. The summed E-state index contributed by atoms with van der Waals surface area (Å²) in [5.41, 5.74) is 6.05. The topological polar surface area (TPSA) is 87.0 Å². The predicted molar refractivity (Wildman–Crippen MR) is 64.3 cm³/mol. The zero-order valence-corrected chi connectivity index (χ0v) is 9.51. The molecule has 1 saturated heterocycles. The van der Waals surface area contributed by atoms with E-state index >= 15 is 0 Å². The predicted octanol–water partition coefficient (Wildman–Crippen LogP) is 0.672. The summed E-state index contributed by atoms with van der Waals surface area (Å²) in [6, 6.07) is -0.140. The van der Waals surface area contributed by atoms with Crippen LogP contribution in [0, 0.1) is 0 Å². The van der Waals surface area contributed by atoms with Gasteiger partial charge in [0.2, 0.25) is 0 Å². The van der Waals surface area contributed by atoms with Gasteiger partial charge in [0.25, 0.3) is 0 Å². The number of H-pyrrole nitrogens is 1. The molecule has 1 aliphatic heterocycles. The second kappa shape index (κ2) is 4.48. The number of rotatable bonds is 2. The molecule has 2 heterocycles. The van der Waals surface area contributed by atoms with Crippen molar-refractivity contribution < 1.29 is 4.79 Å². The van der Waals surface area contributed by atoms with Crippen LogP contribution in [0.15, 0.2) is 6.20 Å². The average Bonchev–Trinajstić information content (AvgIpc) is 2.86. The second-order valence-electron chi connectivity index (χ2n) is 3.65. The quantitative estimate of drug-likeness (QED) is 0.662. The van der Waals surface area contributed by atoms with Gasteiger partial charge in [-0.3, -0.25) is 10.4 Å². The minimum Gasteiger partial charge on any atom is -0.389 e. The molecule has 0 spiro atoms. The van der Waals surface area contributed by atoms with Gasteiger partial charge in [-0.25, -0.2) is 4.79 Å². The van der Waals surface area contributed by atoms with Crippen LogP contribution in [-0.4, -0.2) is 39.2 Å². The second-order valence-corrected chi connectivity index (χ2v) is 4.09. The number of anilines is 1. The number of aromatic amines is 1. The molecule has 0 aliphatic carbocycles. The smallest absolute Gasteiger partial charge is 0.323 e. The molecule has 0 bridgehead atoms. The lowest BCUT2D eigenvalue weighted by Gasteiger charge is -2.15. The molecule has 1 fully saturated rings. The number of carbonyl (C=O) groups excluding carboxylic acids is 1. The molecular weight excluding hydrogens is 226 g/mol. The number of thiocarbonyl (C=S) groups is 1. The molecule has 0 radical (unpaired) electrons. The summed E-state index contributed by atoms with van der Waals surface area (Å²) in [5.74, 6) is 0.462. The molecule has 4 N–H and O–H groups in total. The highest BCUT2D eigenvalue weighted by atomic mass is 32.1. The summed E-state index contributed by atoms with van der Waals surface area (Å²) in [6.07, 6.45) is 3.61. The fourth-order valence-corrected chi connectivity index (χ4v) is 1.83. The maximum Gasteiger partial charge on any atom is 0.323 e. The van der Waals surface area contributed by atoms with Crippen LogP contribution in [0.2, 0.25) is 0 Å². The number of amides is 2. The monoisotopic (exact) mass is 239 g/mol. The molecule has 1 aromatic heterocycles. The number of nitrogens with one attached hydrogen (secondary N) is 2. The molecule has 1 aromatic rings. The Balaban J connectivity index is 2.05. The van der Waals surface area contributed by atoms with Crippen molar-refractivity contribution in [1.29, 1.82) is 0 Å². The lowest BCUT2D eigenvalue weighted by Crippen LogP contribution is -2.32. The molecule has 0 saturated carbocycles. The molecule has 0 atom stereocenters. The van der Waals surface area contributed by atoms with E-state index in [0.29, 0.717) is 11.4 Å². The number of hydrogen-bond donors (Lipinski definition) is 3. The zero-order valence-electron chi connectivity index (χ0n) is 8.69. The number of nitrogens with zero attached hydrogens (tertiary/aromatic N) is 2. The van der Waals surface area contributed by atoms with Gasteiger partial charge in [-0.05, 0) is 12.8 Å². The lowest BCUT2D eigenvalue weighted by molar-refractivity contribution is 0.222. The molecule has 16 heavy (non-hydrogen) atoms. The van der Waals surface area contributed by atoms with E-state index < -0.39 is 0 Å². The van der Waals surface area contributed by atoms with Crippen LogP contribution in [0.4, 0.5) is 10.6 Å². The number of hydrogen-bond acceptors (Lipinski definition) is 3. The summed E-state index contributed by atoms with van der Waals surface area (Å²) in [4.78, 5) is 13.7. The Bertz CT molecular complexity index is 410. The Kier molecular flexibility index (Phi) is 3.04. The zero-order chi connectivity index (χ0) is 11.5. The van der Waals surface area contributed by atoms with Crippen molar-refractivity contribution in [3.63, 3.8) is 0 Å². The molecule has 2 amide bonds. The number of carbonyl (C=O) groups is 1. The molecule has 0 aromatic carbocycles. The Hall–Kier alpha value is -1.63. The van der Waals surface area contributed by atoms with Crippen molar-refractivity contribution in [2.24, 2.45) is 5.73 Å². The third-order valence-corrected chi connectivity index (χ3v) is 2.75. The average molecular weight is 239 g/mol. The van der Waals surface area contributed by atoms with Gasteiger partial charge in [-0.1, -0.05) is 12.2 Å². The first-order valence-electron chi connectivity index (χ1n) is 5.07. The minimum atomic E-state index is -0.140. The Morgan fingerprint density at radius 2 is 2.25 bits per heavy atom. The number of likely N-dealkylation sites (tertiary alicyclic amines) is 1. The van der Waals surface area contributed by atoms with Gasteiger partial charge in [0.1, 0.15) is 10.8 Å². The lowest BCUT2D eigenvalue weighted by atomic mass is 10.3. The van der Waals surface area contributed by atoms with E-state index in [-0.39, 0.29) is 11.0 Å². The van der Waals surface area contributed by atoms with Gasteiger partial charge in [0.05, 0.1) is 11.8 Å². The van der Waals surface area contributed by atoms with Crippen LogP contribution >= 0.6 is 12.2 Å². The minimum absolute atomic E-state index is 0.140. The van der Waals surface area contributed by atoms with Crippen molar-refractivity contribution in [2.75, 3.05) is 18.4 Å². The Morgan fingerprint density at radius 3 is 2.88 bits per heavy atom.